The quantitative estimate of drug-likeness (QED) is 0.791. The molecule has 0 aliphatic rings. The van der Waals surface area contributed by atoms with Gasteiger partial charge in [0.1, 0.15) is 0 Å². The molecule has 0 fully saturated rings. The molecule has 2 rings (SSSR count). The molecule has 7 heteroatoms. The van der Waals surface area contributed by atoms with Gasteiger partial charge >= 0.3 is 0 Å². The Hall–Kier alpha value is -1.28. The molecule has 3 N–H and O–H groups in total. The molecule has 1 aromatic carbocycles. The molecule has 0 saturated heterocycles. The van der Waals surface area contributed by atoms with E-state index in [0.29, 0.717) is 22.1 Å². The van der Waals surface area contributed by atoms with Crippen LogP contribution in [0.15, 0.2) is 24.4 Å². The van der Waals surface area contributed by atoms with Crippen LogP contribution in [0.5, 0.6) is 0 Å². The molecule has 0 radical (unpaired) electrons. The van der Waals surface area contributed by atoms with E-state index in [1.54, 1.807) is 25.2 Å². The second-order valence-corrected chi connectivity index (χ2v) is 5.22. The number of benzene rings is 1. The minimum atomic E-state index is -0.274. The number of nitrogen functional groups attached to an aromatic ring is 1. The maximum atomic E-state index is 12.0. The SMILES string of the molecule is Cn1ncc(N)c1NC(=O)c1ccc(I)c(Cl)c1. The maximum absolute atomic E-state index is 12.0. The molecule has 0 saturated carbocycles. The fourth-order valence-electron chi connectivity index (χ4n) is 1.42. The molecule has 0 aliphatic heterocycles. The molecule has 0 aliphatic carbocycles. The van der Waals surface area contributed by atoms with Crippen LogP contribution in [0.1, 0.15) is 10.4 Å². The minimum Gasteiger partial charge on any atom is -0.394 e. The van der Waals surface area contributed by atoms with Crippen LogP contribution in [0.4, 0.5) is 11.5 Å². The second-order valence-electron chi connectivity index (χ2n) is 3.66. The Morgan fingerprint density at radius 3 is 2.83 bits per heavy atom. The van der Waals surface area contributed by atoms with Gasteiger partial charge in [-0.15, -0.1) is 0 Å². The topological polar surface area (TPSA) is 72.9 Å². The van der Waals surface area contributed by atoms with Gasteiger partial charge in [0, 0.05) is 16.2 Å². The Balaban J connectivity index is 2.25. The van der Waals surface area contributed by atoms with Crippen LogP contribution >= 0.6 is 34.2 Å². The molecule has 0 bridgehead atoms. The standard InChI is InChI=1S/C11H10ClIN4O/c1-17-10(9(14)5-15-17)16-11(18)6-2-3-8(13)7(12)4-6/h2-5H,14H2,1H3,(H,16,18). The number of nitrogens with two attached hydrogens (primary N) is 1. The van der Waals surface area contributed by atoms with Crippen molar-refractivity contribution in [2.45, 2.75) is 0 Å². The summed E-state index contributed by atoms with van der Waals surface area (Å²) in [6, 6.07) is 5.10. The fourth-order valence-corrected chi connectivity index (χ4v) is 1.94. The summed E-state index contributed by atoms with van der Waals surface area (Å²) in [7, 11) is 1.70. The van der Waals surface area contributed by atoms with Crippen molar-refractivity contribution in [1.82, 2.24) is 9.78 Å². The van der Waals surface area contributed by atoms with Crippen LogP contribution in [0.3, 0.4) is 0 Å². The lowest BCUT2D eigenvalue weighted by atomic mass is 10.2. The van der Waals surface area contributed by atoms with E-state index in [-0.39, 0.29) is 5.91 Å². The van der Waals surface area contributed by atoms with Gasteiger partial charge in [-0.2, -0.15) is 5.10 Å². The summed E-state index contributed by atoms with van der Waals surface area (Å²) in [6.07, 6.45) is 1.48. The highest BCUT2D eigenvalue weighted by molar-refractivity contribution is 14.1. The smallest absolute Gasteiger partial charge is 0.256 e. The summed E-state index contributed by atoms with van der Waals surface area (Å²) in [5.74, 6) is 0.193. The molecule has 0 atom stereocenters. The van der Waals surface area contributed by atoms with Crippen molar-refractivity contribution in [3.63, 3.8) is 0 Å². The van der Waals surface area contributed by atoms with Gasteiger partial charge in [-0.1, -0.05) is 11.6 Å². The third kappa shape index (κ3) is 2.59. The third-order valence-corrected chi connectivity index (χ3v) is 3.95. The number of anilines is 2. The molecule has 0 unspecified atom stereocenters. The van der Waals surface area contributed by atoms with Gasteiger partial charge in [0.05, 0.1) is 16.9 Å². The summed E-state index contributed by atoms with van der Waals surface area (Å²) in [5.41, 5.74) is 6.59. The molecule has 0 spiro atoms. The van der Waals surface area contributed by atoms with Gasteiger partial charge in [-0.25, -0.2) is 0 Å². The average molecular weight is 377 g/mol. The predicted molar refractivity (Wildman–Crippen MR) is 79.7 cm³/mol. The van der Waals surface area contributed by atoms with Crippen LogP contribution in [0, 0.1) is 3.57 Å². The van der Waals surface area contributed by atoms with Crippen LogP contribution < -0.4 is 11.1 Å². The first kappa shape index (κ1) is 13.2. The molecular formula is C11H10ClIN4O. The van der Waals surface area contributed by atoms with E-state index in [2.05, 4.69) is 33.0 Å². The number of hydrogen-bond acceptors (Lipinski definition) is 3. The Bertz CT molecular complexity index is 592. The number of hydrogen-bond donors (Lipinski definition) is 2. The van der Waals surface area contributed by atoms with Gasteiger partial charge in [0.15, 0.2) is 5.82 Å². The molecular weight excluding hydrogens is 367 g/mol. The van der Waals surface area contributed by atoms with E-state index in [4.69, 9.17) is 17.3 Å². The zero-order chi connectivity index (χ0) is 13.3. The summed E-state index contributed by atoms with van der Waals surface area (Å²) < 4.78 is 2.40. The van der Waals surface area contributed by atoms with E-state index in [1.807, 2.05) is 0 Å². The third-order valence-electron chi connectivity index (χ3n) is 2.38. The lowest BCUT2D eigenvalue weighted by Crippen LogP contribution is -2.15. The number of aromatic nitrogens is 2. The Kier molecular flexibility index (Phi) is 3.76. The molecule has 1 amide bonds. The number of amides is 1. The minimum absolute atomic E-state index is 0.274. The van der Waals surface area contributed by atoms with Crippen LogP contribution in [-0.4, -0.2) is 15.7 Å². The van der Waals surface area contributed by atoms with Crippen molar-refractivity contribution < 1.29 is 4.79 Å². The molecule has 2 aromatic rings. The van der Waals surface area contributed by atoms with E-state index >= 15 is 0 Å². The Morgan fingerprint density at radius 2 is 2.28 bits per heavy atom. The van der Waals surface area contributed by atoms with E-state index in [0.717, 1.165) is 3.57 Å². The van der Waals surface area contributed by atoms with E-state index in [9.17, 15) is 4.79 Å². The van der Waals surface area contributed by atoms with Gasteiger partial charge in [0.2, 0.25) is 0 Å². The first-order chi connectivity index (χ1) is 8.49. The van der Waals surface area contributed by atoms with Crippen molar-refractivity contribution in [3.8, 4) is 0 Å². The van der Waals surface area contributed by atoms with E-state index < -0.39 is 0 Å². The lowest BCUT2D eigenvalue weighted by Gasteiger charge is -2.07. The van der Waals surface area contributed by atoms with Gasteiger partial charge in [0.25, 0.3) is 5.91 Å². The highest BCUT2D eigenvalue weighted by atomic mass is 127. The molecule has 5 nitrogen and oxygen atoms in total. The highest BCUT2D eigenvalue weighted by Crippen LogP contribution is 2.21. The van der Waals surface area contributed by atoms with Gasteiger partial charge in [-0.05, 0) is 40.8 Å². The number of halogens is 2. The van der Waals surface area contributed by atoms with Crippen LogP contribution in [0.2, 0.25) is 5.02 Å². The van der Waals surface area contributed by atoms with Gasteiger partial charge in [-0.3, -0.25) is 9.48 Å². The molecule has 94 valence electrons. The molecule has 1 aromatic heterocycles. The van der Waals surface area contributed by atoms with Crippen molar-refractivity contribution >= 4 is 51.6 Å². The summed E-state index contributed by atoms with van der Waals surface area (Å²) in [4.78, 5) is 12.0. The summed E-state index contributed by atoms with van der Waals surface area (Å²) in [5, 5.41) is 7.18. The first-order valence-electron chi connectivity index (χ1n) is 5.03. The van der Waals surface area contributed by atoms with Crippen molar-refractivity contribution in [3.05, 3.63) is 38.6 Å². The summed E-state index contributed by atoms with van der Waals surface area (Å²) >= 11 is 8.07. The monoisotopic (exact) mass is 376 g/mol. The average Bonchev–Trinajstić information content (AvgIpc) is 2.64. The fraction of sp³-hybridized carbons (Fsp3) is 0.0909. The number of nitrogens with one attached hydrogen (secondary N) is 1. The normalized spacial score (nSPS) is 10.4. The number of aryl methyl sites for hydroxylation is 1. The number of rotatable bonds is 2. The predicted octanol–water partition coefficient (Wildman–Crippen LogP) is 2.51. The molecule has 18 heavy (non-hydrogen) atoms. The zero-order valence-electron chi connectivity index (χ0n) is 9.45. The van der Waals surface area contributed by atoms with Gasteiger partial charge < -0.3 is 11.1 Å². The maximum Gasteiger partial charge on any atom is 0.256 e. The first-order valence-corrected chi connectivity index (χ1v) is 6.48. The van der Waals surface area contributed by atoms with Crippen LogP contribution in [0.25, 0.3) is 0 Å². The van der Waals surface area contributed by atoms with Crippen molar-refractivity contribution in [2.75, 3.05) is 11.1 Å². The Labute approximate surface area is 122 Å². The van der Waals surface area contributed by atoms with Crippen molar-refractivity contribution in [1.29, 1.82) is 0 Å². The molecule has 1 heterocycles. The number of carbonyl (C=O) groups excluding carboxylic acids is 1. The largest absolute Gasteiger partial charge is 0.394 e. The highest BCUT2D eigenvalue weighted by Gasteiger charge is 2.12. The summed E-state index contributed by atoms with van der Waals surface area (Å²) in [6.45, 7) is 0. The lowest BCUT2D eigenvalue weighted by molar-refractivity contribution is 0.102. The number of carbonyl (C=O) groups is 1. The Morgan fingerprint density at radius 1 is 1.56 bits per heavy atom. The van der Waals surface area contributed by atoms with Crippen molar-refractivity contribution in [2.24, 2.45) is 7.05 Å². The van der Waals surface area contributed by atoms with Crippen LogP contribution in [-0.2, 0) is 7.05 Å². The van der Waals surface area contributed by atoms with E-state index in [1.165, 1.54) is 10.9 Å². The number of nitrogens with zero attached hydrogens (tertiary/aromatic N) is 2. The zero-order valence-corrected chi connectivity index (χ0v) is 12.4. The second kappa shape index (κ2) is 5.15.